The van der Waals surface area contributed by atoms with E-state index >= 15 is 0 Å². The molecule has 2 amide bonds. The van der Waals surface area contributed by atoms with Gasteiger partial charge in [0.15, 0.2) is 0 Å². The smallest absolute Gasteiger partial charge is 0.251 e. The average Bonchev–Trinajstić information content (AvgIpc) is 2.59. The van der Waals surface area contributed by atoms with E-state index in [0.717, 1.165) is 5.56 Å². The first-order chi connectivity index (χ1) is 11.4. The molecule has 0 saturated carbocycles. The van der Waals surface area contributed by atoms with Gasteiger partial charge in [-0.15, -0.1) is 0 Å². The van der Waals surface area contributed by atoms with Gasteiger partial charge in [-0.3, -0.25) is 9.59 Å². The number of rotatable bonds is 6. The first-order valence-corrected chi connectivity index (χ1v) is 8.16. The molecule has 0 saturated heterocycles. The van der Waals surface area contributed by atoms with E-state index in [9.17, 15) is 9.59 Å². The molecular weight excluding hydrogens is 300 g/mol. The third-order valence-electron chi connectivity index (χ3n) is 4.15. The van der Waals surface area contributed by atoms with E-state index in [0.29, 0.717) is 23.6 Å². The maximum atomic E-state index is 12.3. The summed E-state index contributed by atoms with van der Waals surface area (Å²) in [5.74, 6) is -0.00982. The van der Waals surface area contributed by atoms with Crippen LogP contribution in [0.4, 0.5) is 0 Å². The SMILES string of the molecule is CC(C)c1ccc(C(=O)NC[C@H](C)c2cccc(C(N)=O)c2)cc1. The second-order valence-corrected chi connectivity index (χ2v) is 6.38. The molecule has 2 aromatic carbocycles. The highest BCUT2D eigenvalue weighted by molar-refractivity contribution is 5.94. The van der Waals surface area contributed by atoms with Gasteiger partial charge in [-0.1, -0.05) is 45.0 Å². The molecular formula is C20H24N2O2. The van der Waals surface area contributed by atoms with Crippen molar-refractivity contribution in [2.45, 2.75) is 32.6 Å². The molecule has 3 N–H and O–H groups in total. The zero-order valence-electron chi connectivity index (χ0n) is 14.4. The minimum absolute atomic E-state index is 0.0863. The third kappa shape index (κ3) is 4.44. The molecule has 2 rings (SSSR count). The second-order valence-electron chi connectivity index (χ2n) is 6.38. The number of nitrogens with two attached hydrogens (primary N) is 1. The molecule has 0 bridgehead atoms. The molecule has 4 nitrogen and oxygen atoms in total. The number of nitrogens with one attached hydrogen (secondary N) is 1. The van der Waals surface area contributed by atoms with Crippen LogP contribution in [0, 0.1) is 0 Å². The predicted octanol–water partition coefficient (Wildman–Crippen LogP) is 3.44. The van der Waals surface area contributed by atoms with Gasteiger partial charge in [0.05, 0.1) is 0 Å². The summed E-state index contributed by atoms with van der Waals surface area (Å²) in [6.07, 6.45) is 0. The lowest BCUT2D eigenvalue weighted by Gasteiger charge is -2.14. The van der Waals surface area contributed by atoms with Crippen LogP contribution in [-0.2, 0) is 0 Å². The lowest BCUT2D eigenvalue weighted by molar-refractivity contribution is 0.0950. The lowest BCUT2D eigenvalue weighted by Crippen LogP contribution is -2.27. The predicted molar refractivity (Wildman–Crippen MR) is 96.2 cm³/mol. The van der Waals surface area contributed by atoms with E-state index in [1.165, 1.54) is 5.56 Å². The Kier molecular flexibility index (Phi) is 5.74. The van der Waals surface area contributed by atoms with Crippen molar-refractivity contribution in [1.29, 1.82) is 0 Å². The summed E-state index contributed by atoms with van der Waals surface area (Å²) in [6, 6.07) is 14.9. The maximum Gasteiger partial charge on any atom is 0.251 e. The number of carbonyl (C=O) groups excluding carboxylic acids is 2. The van der Waals surface area contributed by atoms with Crippen LogP contribution in [0.15, 0.2) is 48.5 Å². The molecule has 0 aliphatic heterocycles. The fraction of sp³-hybridized carbons (Fsp3) is 0.300. The van der Waals surface area contributed by atoms with Gasteiger partial charge in [-0.05, 0) is 47.2 Å². The molecule has 0 aliphatic carbocycles. The van der Waals surface area contributed by atoms with Crippen molar-refractivity contribution in [2.75, 3.05) is 6.54 Å². The van der Waals surface area contributed by atoms with Crippen LogP contribution in [0.25, 0.3) is 0 Å². The van der Waals surface area contributed by atoms with E-state index in [2.05, 4.69) is 19.2 Å². The molecule has 126 valence electrons. The number of amides is 2. The zero-order valence-corrected chi connectivity index (χ0v) is 14.4. The van der Waals surface area contributed by atoms with Crippen molar-refractivity contribution in [2.24, 2.45) is 5.73 Å². The highest BCUT2D eigenvalue weighted by atomic mass is 16.2. The van der Waals surface area contributed by atoms with E-state index in [1.54, 1.807) is 18.2 Å². The van der Waals surface area contributed by atoms with Gasteiger partial charge in [-0.2, -0.15) is 0 Å². The molecule has 0 spiro atoms. The van der Waals surface area contributed by atoms with Crippen LogP contribution in [0.1, 0.15) is 64.4 Å². The minimum atomic E-state index is -0.446. The first kappa shape index (κ1) is 17.7. The Morgan fingerprint density at radius 2 is 1.62 bits per heavy atom. The molecule has 0 aliphatic rings. The summed E-state index contributed by atoms with van der Waals surface area (Å²) in [5.41, 5.74) is 8.62. The van der Waals surface area contributed by atoms with Gasteiger partial charge >= 0.3 is 0 Å². The Morgan fingerprint density at radius 3 is 2.21 bits per heavy atom. The zero-order chi connectivity index (χ0) is 17.7. The Balaban J connectivity index is 1.98. The summed E-state index contributed by atoms with van der Waals surface area (Å²) in [7, 11) is 0. The summed E-state index contributed by atoms with van der Waals surface area (Å²) >= 11 is 0. The molecule has 0 fully saturated rings. The van der Waals surface area contributed by atoms with Crippen molar-refractivity contribution in [3.8, 4) is 0 Å². The number of carbonyl (C=O) groups is 2. The highest BCUT2D eigenvalue weighted by Crippen LogP contribution is 2.17. The lowest BCUT2D eigenvalue weighted by atomic mass is 9.98. The van der Waals surface area contributed by atoms with Crippen LogP contribution >= 0.6 is 0 Å². The molecule has 2 aromatic rings. The quantitative estimate of drug-likeness (QED) is 0.854. The number of hydrogen-bond acceptors (Lipinski definition) is 2. The Morgan fingerprint density at radius 1 is 0.958 bits per heavy atom. The second kappa shape index (κ2) is 7.77. The summed E-state index contributed by atoms with van der Waals surface area (Å²) in [5, 5.41) is 2.94. The van der Waals surface area contributed by atoms with Crippen molar-refractivity contribution < 1.29 is 9.59 Å². The average molecular weight is 324 g/mol. The largest absolute Gasteiger partial charge is 0.366 e. The van der Waals surface area contributed by atoms with Crippen LogP contribution in [0.2, 0.25) is 0 Å². The number of benzene rings is 2. The number of hydrogen-bond donors (Lipinski definition) is 2. The summed E-state index contributed by atoms with van der Waals surface area (Å²) in [4.78, 5) is 23.5. The molecule has 24 heavy (non-hydrogen) atoms. The van der Waals surface area contributed by atoms with Crippen molar-refractivity contribution in [3.63, 3.8) is 0 Å². The highest BCUT2D eigenvalue weighted by Gasteiger charge is 2.11. The molecule has 0 heterocycles. The van der Waals surface area contributed by atoms with Gasteiger partial charge in [0.1, 0.15) is 0 Å². The fourth-order valence-corrected chi connectivity index (χ4v) is 2.48. The minimum Gasteiger partial charge on any atom is -0.366 e. The van der Waals surface area contributed by atoms with Crippen LogP contribution in [-0.4, -0.2) is 18.4 Å². The molecule has 0 radical (unpaired) electrons. The Labute approximate surface area is 143 Å². The standard InChI is InChI=1S/C20H24N2O2/c1-13(2)15-7-9-16(10-8-15)20(24)22-12-14(3)17-5-4-6-18(11-17)19(21)23/h4-11,13-14H,12H2,1-3H3,(H2,21,23)(H,22,24)/t14-/m0/s1. The van der Waals surface area contributed by atoms with E-state index < -0.39 is 5.91 Å². The van der Waals surface area contributed by atoms with Crippen LogP contribution in [0.3, 0.4) is 0 Å². The molecule has 1 atom stereocenters. The van der Waals surface area contributed by atoms with E-state index in [-0.39, 0.29) is 11.8 Å². The van der Waals surface area contributed by atoms with Crippen LogP contribution < -0.4 is 11.1 Å². The first-order valence-electron chi connectivity index (χ1n) is 8.16. The Hall–Kier alpha value is -2.62. The van der Waals surface area contributed by atoms with Crippen molar-refractivity contribution in [1.82, 2.24) is 5.32 Å². The summed E-state index contributed by atoms with van der Waals surface area (Å²) < 4.78 is 0. The number of primary amides is 1. The van der Waals surface area contributed by atoms with Gasteiger partial charge in [-0.25, -0.2) is 0 Å². The van der Waals surface area contributed by atoms with Gasteiger partial charge in [0.25, 0.3) is 5.91 Å². The molecule has 0 aromatic heterocycles. The normalized spacial score (nSPS) is 12.0. The van der Waals surface area contributed by atoms with Crippen molar-refractivity contribution >= 4 is 11.8 Å². The fourth-order valence-electron chi connectivity index (χ4n) is 2.48. The monoisotopic (exact) mass is 324 g/mol. The molecule has 4 heteroatoms. The topological polar surface area (TPSA) is 72.2 Å². The van der Waals surface area contributed by atoms with Crippen LogP contribution in [0.5, 0.6) is 0 Å². The molecule has 0 unspecified atom stereocenters. The summed E-state index contributed by atoms with van der Waals surface area (Å²) in [6.45, 7) is 6.74. The maximum absolute atomic E-state index is 12.3. The van der Waals surface area contributed by atoms with Gasteiger partial charge in [0.2, 0.25) is 5.91 Å². The Bertz CT molecular complexity index is 721. The van der Waals surface area contributed by atoms with Gasteiger partial charge in [0, 0.05) is 17.7 Å². The van der Waals surface area contributed by atoms with Gasteiger partial charge < -0.3 is 11.1 Å². The van der Waals surface area contributed by atoms with Crippen molar-refractivity contribution in [3.05, 3.63) is 70.8 Å². The van der Waals surface area contributed by atoms with E-state index in [4.69, 9.17) is 5.73 Å². The van der Waals surface area contributed by atoms with E-state index in [1.807, 2.05) is 37.3 Å². The third-order valence-corrected chi connectivity index (χ3v) is 4.15.